The molecule has 10 nitrogen and oxygen atoms in total. The van der Waals surface area contributed by atoms with Crippen LogP contribution >= 0.6 is 11.6 Å². The molecule has 4 aromatic rings. The van der Waals surface area contributed by atoms with Crippen molar-refractivity contribution in [3.63, 3.8) is 0 Å². The van der Waals surface area contributed by atoms with Crippen LogP contribution in [0.3, 0.4) is 0 Å². The van der Waals surface area contributed by atoms with Crippen molar-refractivity contribution >= 4 is 40.4 Å². The zero-order valence-corrected chi connectivity index (χ0v) is 22.1. The SMILES string of the molecule is CCOC(=O)[C@H](C)Oc1c(C=Nn2c(-c3cccc(C(F)(F)F)c3)nc3ccccc3c2=O)cc(Cl)cc1[N+](=O)[O-]. The largest absolute Gasteiger partial charge is 0.471 e. The second-order valence-electron chi connectivity index (χ2n) is 8.51. The minimum absolute atomic E-state index is 0.0414. The number of alkyl halides is 3. The first-order chi connectivity index (χ1) is 19.4. The molecule has 4 rings (SSSR count). The normalized spacial score (nSPS) is 12.4. The summed E-state index contributed by atoms with van der Waals surface area (Å²) in [7, 11) is 0. The Labute approximate surface area is 234 Å². The monoisotopic (exact) mass is 588 g/mol. The predicted molar refractivity (Wildman–Crippen MR) is 144 cm³/mol. The van der Waals surface area contributed by atoms with Crippen molar-refractivity contribution in [2.24, 2.45) is 5.10 Å². The number of nitro benzene ring substituents is 1. The van der Waals surface area contributed by atoms with Gasteiger partial charge in [-0.1, -0.05) is 35.9 Å². The smallest absolute Gasteiger partial charge is 0.416 e. The molecule has 0 amide bonds. The first kappa shape index (κ1) is 29.2. The summed E-state index contributed by atoms with van der Waals surface area (Å²) in [5, 5.41) is 16.0. The molecule has 0 saturated heterocycles. The van der Waals surface area contributed by atoms with E-state index in [1.165, 1.54) is 31.2 Å². The van der Waals surface area contributed by atoms with Gasteiger partial charge >= 0.3 is 17.8 Å². The molecule has 1 atom stereocenters. The number of ether oxygens (including phenoxy) is 2. The van der Waals surface area contributed by atoms with Crippen molar-refractivity contribution in [2.45, 2.75) is 26.1 Å². The van der Waals surface area contributed by atoms with Crippen molar-refractivity contribution < 1.29 is 32.4 Å². The number of aromatic nitrogens is 2. The maximum atomic E-state index is 13.5. The lowest BCUT2D eigenvalue weighted by Crippen LogP contribution is -2.27. The fraction of sp³-hybridized carbons (Fsp3) is 0.185. The number of para-hydroxylation sites is 1. The second kappa shape index (κ2) is 11.8. The lowest BCUT2D eigenvalue weighted by molar-refractivity contribution is -0.386. The molecule has 3 aromatic carbocycles. The van der Waals surface area contributed by atoms with Gasteiger partial charge < -0.3 is 9.47 Å². The summed E-state index contributed by atoms with van der Waals surface area (Å²) >= 11 is 6.09. The molecule has 1 heterocycles. The lowest BCUT2D eigenvalue weighted by atomic mass is 10.1. The number of carbonyl (C=O) groups excluding carboxylic acids is 1. The van der Waals surface area contributed by atoms with Crippen LogP contribution in [0.25, 0.3) is 22.3 Å². The Morgan fingerprint density at radius 3 is 2.61 bits per heavy atom. The van der Waals surface area contributed by atoms with E-state index in [4.69, 9.17) is 21.1 Å². The number of benzene rings is 3. The molecule has 0 aliphatic heterocycles. The summed E-state index contributed by atoms with van der Waals surface area (Å²) in [4.78, 5) is 41.0. The number of carbonyl (C=O) groups is 1. The highest BCUT2D eigenvalue weighted by molar-refractivity contribution is 6.31. The van der Waals surface area contributed by atoms with Crippen molar-refractivity contribution in [3.8, 4) is 17.1 Å². The predicted octanol–water partition coefficient (Wildman–Crippen LogP) is 5.86. The summed E-state index contributed by atoms with van der Waals surface area (Å²) in [6.45, 7) is 2.94. The molecule has 0 N–H and O–H groups in total. The van der Waals surface area contributed by atoms with Gasteiger partial charge in [-0.25, -0.2) is 9.78 Å². The van der Waals surface area contributed by atoms with E-state index in [1.54, 1.807) is 19.1 Å². The van der Waals surface area contributed by atoms with Crippen LogP contribution in [0, 0.1) is 10.1 Å². The van der Waals surface area contributed by atoms with E-state index in [-0.39, 0.29) is 39.5 Å². The number of esters is 1. The van der Waals surface area contributed by atoms with Crippen molar-refractivity contribution in [1.82, 2.24) is 9.66 Å². The number of nitro groups is 1. The van der Waals surface area contributed by atoms with Gasteiger partial charge in [-0.05, 0) is 44.2 Å². The van der Waals surface area contributed by atoms with Crippen LogP contribution in [0.2, 0.25) is 5.02 Å². The average molecular weight is 589 g/mol. The fourth-order valence-electron chi connectivity index (χ4n) is 3.82. The zero-order valence-electron chi connectivity index (χ0n) is 21.4. The van der Waals surface area contributed by atoms with E-state index in [2.05, 4.69) is 10.1 Å². The minimum atomic E-state index is -4.66. The summed E-state index contributed by atoms with van der Waals surface area (Å²) in [6.07, 6.45) is -4.93. The quantitative estimate of drug-likeness (QED) is 0.109. The molecule has 0 fully saturated rings. The minimum Gasteiger partial charge on any atom is -0.471 e. The molecule has 0 aliphatic carbocycles. The summed E-state index contributed by atoms with van der Waals surface area (Å²) in [6, 6.07) is 12.6. The number of hydrogen-bond acceptors (Lipinski definition) is 8. The standard InChI is InChI=1S/C27H20ClF3N4O6/c1-3-40-26(37)15(2)41-23-17(12-19(28)13-22(23)35(38)39)14-32-34-24(16-7-6-8-18(11-16)27(29,30)31)33-21-10-5-4-9-20(21)25(34)36/h4-15H,3H2,1-2H3/t15-/m0/s1. The van der Waals surface area contributed by atoms with Gasteiger partial charge in [0.1, 0.15) is 0 Å². The van der Waals surface area contributed by atoms with Gasteiger partial charge in [0.05, 0.1) is 34.2 Å². The van der Waals surface area contributed by atoms with Gasteiger partial charge in [-0.2, -0.15) is 22.9 Å². The summed E-state index contributed by atoms with van der Waals surface area (Å²) in [5.74, 6) is -1.41. The fourth-order valence-corrected chi connectivity index (χ4v) is 4.04. The van der Waals surface area contributed by atoms with Crippen LogP contribution in [0.5, 0.6) is 5.75 Å². The van der Waals surface area contributed by atoms with Crippen molar-refractivity contribution in [2.75, 3.05) is 6.61 Å². The van der Waals surface area contributed by atoms with Gasteiger partial charge in [-0.15, -0.1) is 0 Å². The Hall–Kier alpha value is -4.78. The Morgan fingerprint density at radius 1 is 1.20 bits per heavy atom. The Morgan fingerprint density at radius 2 is 1.93 bits per heavy atom. The number of fused-ring (bicyclic) bond motifs is 1. The van der Waals surface area contributed by atoms with Crippen LogP contribution in [-0.2, 0) is 15.7 Å². The summed E-state index contributed by atoms with van der Waals surface area (Å²) < 4.78 is 51.6. The van der Waals surface area contributed by atoms with E-state index in [1.807, 2.05) is 0 Å². The van der Waals surface area contributed by atoms with Crippen LogP contribution in [0.1, 0.15) is 25.0 Å². The van der Waals surface area contributed by atoms with Crippen LogP contribution < -0.4 is 10.3 Å². The first-order valence-corrected chi connectivity index (χ1v) is 12.3. The van der Waals surface area contributed by atoms with E-state index >= 15 is 0 Å². The highest BCUT2D eigenvalue weighted by Crippen LogP contribution is 2.35. The molecule has 0 radical (unpaired) electrons. The molecule has 14 heteroatoms. The van der Waals surface area contributed by atoms with Gasteiger partial charge in [0, 0.05) is 22.2 Å². The van der Waals surface area contributed by atoms with Crippen molar-refractivity contribution in [3.05, 3.63) is 97.3 Å². The molecule has 0 spiro atoms. The third-order valence-corrected chi connectivity index (χ3v) is 5.91. The Kier molecular flexibility index (Phi) is 8.38. The van der Waals surface area contributed by atoms with E-state index < -0.39 is 45.7 Å². The van der Waals surface area contributed by atoms with E-state index in [9.17, 15) is 32.9 Å². The van der Waals surface area contributed by atoms with Crippen LogP contribution in [0.4, 0.5) is 18.9 Å². The molecule has 0 bridgehead atoms. The molecular formula is C27H20ClF3N4O6. The van der Waals surface area contributed by atoms with Crippen molar-refractivity contribution in [1.29, 1.82) is 0 Å². The number of hydrogen-bond donors (Lipinski definition) is 0. The average Bonchev–Trinajstić information content (AvgIpc) is 2.93. The number of rotatable bonds is 8. The van der Waals surface area contributed by atoms with E-state index in [0.29, 0.717) is 0 Å². The maximum Gasteiger partial charge on any atom is 0.416 e. The lowest BCUT2D eigenvalue weighted by Gasteiger charge is -2.15. The van der Waals surface area contributed by atoms with Gasteiger partial charge in [0.15, 0.2) is 11.9 Å². The zero-order chi connectivity index (χ0) is 29.9. The van der Waals surface area contributed by atoms with Gasteiger partial charge in [-0.3, -0.25) is 14.9 Å². The molecule has 0 saturated carbocycles. The third kappa shape index (κ3) is 6.35. The van der Waals surface area contributed by atoms with Gasteiger partial charge in [0.2, 0.25) is 5.75 Å². The van der Waals surface area contributed by atoms with Crippen LogP contribution in [-0.4, -0.2) is 39.5 Å². The molecular weight excluding hydrogens is 569 g/mol. The Bertz CT molecular complexity index is 1740. The summed E-state index contributed by atoms with van der Waals surface area (Å²) in [5.41, 5.74) is -2.25. The van der Waals surface area contributed by atoms with E-state index in [0.717, 1.165) is 35.2 Å². The highest BCUT2D eigenvalue weighted by Gasteiger charge is 2.31. The molecule has 212 valence electrons. The third-order valence-electron chi connectivity index (χ3n) is 5.69. The number of nitrogens with zero attached hydrogens (tertiary/aromatic N) is 4. The molecule has 41 heavy (non-hydrogen) atoms. The van der Waals surface area contributed by atoms with Crippen LogP contribution in [0.15, 0.2) is 70.6 Å². The molecule has 0 aliphatic rings. The molecule has 1 aromatic heterocycles. The highest BCUT2D eigenvalue weighted by atomic mass is 35.5. The number of halogens is 4. The first-order valence-electron chi connectivity index (χ1n) is 12.0. The molecule has 0 unspecified atom stereocenters. The van der Waals surface area contributed by atoms with Gasteiger partial charge in [0.25, 0.3) is 5.56 Å². The Balaban J connectivity index is 1.93. The topological polar surface area (TPSA) is 126 Å². The second-order valence-corrected chi connectivity index (χ2v) is 8.94. The maximum absolute atomic E-state index is 13.5.